The number of aromatic hydroxyl groups is 3. The number of nitrogens with zero attached hydrogens (tertiary/aromatic N) is 3. The van der Waals surface area contributed by atoms with Gasteiger partial charge in [0, 0.05) is 93.4 Å². The van der Waals surface area contributed by atoms with Crippen LogP contribution in [0.2, 0.25) is 0 Å². The predicted octanol–water partition coefficient (Wildman–Crippen LogP) is 3.06. The monoisotopic (exact) mass is 1360 g/mol. The first kappa shape index (κ1) is 74.8. The van der Waals surface area contributed by atoms with Crippen LogP contribution in [-0.4, -0.2) is 180 Å². The van der Waals surface area contributed by atoms with E-state index in [2.05, 4.69) is 36.9 Å². The molecule has 7 rings (SSSR count). The third-order valence-electron chi connectivity index (χ3n) is 16.0. The first-order valence-electron chi connectivity index (χ1n) is 31.7. The SMILES string of the molecule is CN(C)c1ccc2c(c1)Oc1cc(N(C)C)ccc1C2=C1C=CC(=NC(=O)CSC[C@H](NC(=O)CN)C(=O)N[C@@H](Cc2ccc(O)cc2)C(=O)N[C@@H](Cc2ccc(O)cc2)C(=O)N[C@@H](Cc2ccc(O)cc2)C(=O)N[C@@H](CCCCN)C(=O)N[C@@H](CCCCN)C(=O)O)C=C1C(=O)O. The molecule has 2 aliphatic rings. The zero-order valence-corrected chi connectivity index (χ0v) is 55.6. The molecule has 6 atom stereocenters. The van der Waals surface area contributed by atoms with E-state index < -0.39 is 96.1 Å². The Morgan fingerprint density at radius 2 is 0.918 bits per heavy atom. The Morgan fingerprint density at radius 3 is 1.33 bits per heavy atom. The minimum Gasteiger partial charge on any atom is -0.508 e. The van der Waals surface area contributed by atoms with Crippen LogP contribution in [0.5, 0.6) is 28.7 Å². The summed E-state index contributed by atoms with van der Waals surface area (Å²) in [6.07, 6.45) is 5.31. The number of carbonyl (C=O) groups excluding carboxylic acids is 7. The molecule has 1 heterocycles. The lowest BCUT2D eigenvalue weighted by Crippen LogP contribution is -2.60. The fourth-order valence-electron chi connectivity index (χ4n) is 10.7. The van der Waals surface area contributed by atoms with E-state index in [1.807, 2.05) is 74.4 Å². The van der Waals surface area contributed by atoms with Crippen molar-refractivity contribution >= 4 is 87.7 Å². The summed E-state index contributed by atoms with van der Waals surface area (Å²) in [4.78, 5) is 133. The molecule has 27 nitrogen and oxygen atoms in total. The Balaban J connectivity index is 1.13. The summed E-state index contributed by atoms with van der Waals surface area (Å²) in [5.41, 5.74) is 22.1. The van der Waals surface area contributed by atoms with Crippen LogP contribution in [0.1, 0.15) is 66.3 Å². The fourth-order valence-corrected chi connectivity index (χ4v) is 11.5. The maximum absolute atomic E-state index is 14.9. The second-order valence-corrected chi connectivity index (χ2v) is 24.9. The Kier molecular flexibility index (Phi) is 27.5. The standard InChI is InChI=1S/C70H84N12O15S/c1-81(2)44-18-27-50-59(35-44)97-60-36-45(82(3)4)19-28-51(60)63(50)49-26-17-43(34-52(49)69(93)94)74-62(87)39-98-38-58(75-61(86)37-73)68(92)80-57(33-42-15-24-48(85)25-16-42)67(91)79-56(32-41-13-22-47(84)23-14-41)66(90)78-55(31-40-11-20-46(83)21-12-40)65(89)76-53(9-5-7-29-71)64(88)77-54(70(95)96)10-6-8-30-72/h11-28,34-36,53-58,83-85H,5-10,29-33,37-39,71-73H2,1-4H3,(H,75,86)(H,76,89)(H,77,88)(H,78,90)(H,79,91)(H,80,92)(H,93,94)(H,95,96)/t53-,54-,55-,56-,57-,58-/m0/s1. The first-order valence-corrected chi connectivity index (χ1v) is 32.9. The molecular formula is C70H84N12O15S. The van der Waals surface area contributed by atoms with E-state index in [-0.39, 0.29) is 78.7 Å². The van der Waals surface area contributed by atoms with E-state index in [0.29, 0.717) is 82.7 Å². The van der Waals surface area contributed by atoms with Crippen LogP contribution >= 0.6 is 11.8 Å². The number of nitrogens with two attached hydrogens (primary N) is 3. The molecular weight excluding hydrogens is 1280 g/mol. The van der Waals surface area contributed by atoms with Crippen LogP contribution in [0, 0.1) is 0 Å². The molecule has 0 aromatic heterocycles. The van der Waals surface area contributed by atoms with Gasteiger partial charge in [0.1, 0.15) is 65.0 Å². The molecule has 0 spiro atoms. The summed E-state index contributed by atoms with van der Waals surface area (Å²) in [5, 5.41) is 67.0. The average molecular weight is 1370 g/mol. The maximum atomic E-state index is 14.9. The third kappa shape index (κ3) is 21.5. The Hall–Kier alpha value is -10.5. The van der Waals surface area contributed by atoms with Crippen molar-refractivity contribution < 1.29 is 73.4 Å². The minimum absolute atomic E-state index is 0.0166. The van der Waals surface area contributed by atoms with Crippen LogP contribution in [0.25, 0.3) is 5.57 Å². The number of hydrogen-bond donors (Lipinski definition) is 14. The van der Waals surface area contributed by atoms with Crippen molar-refractivity contribution in [2.75, 3.05) is 69.1 Å². The zero-order chi connectivity index (χ0) is 71.2. The average Bonchev–Trinajstić information content (AvgIpc) is 0.746. The molecule has 17 N–H and O–H groups in total. The van der Waals surface area contributed by atoms with Crippen LogP contribution in [0.3, 0.4) is 0 Å². The van der Waals surface area contributed by atoms with Crippen LogP contribution in [-0.2, 0) is 62.4 Å². The van der Waals surface area contributed by atoms with Crippen LogP contribution in [0.15, 0.2) is 144 Å². The summed E-state index contributed by atoms with van der Waals surface area (Å²) in [6, 6.07) is 19.5. The smallest absolute Gasteiger partial charge is 0.336 e. The van der Waals surface area contributed by atoms with Crippen molar-refractivity contribution in [1.82, 2.24) is 31.9 Å². The van der Waals surface area contributed by atoms with Gasteiger partial charge in [0.15, 0.2) is 0 Å². The number of thioether (sulfide) groups is 1. The van der Waals surface area contributed by atoms with Crippen molar-refractivity contribution in [2.45, 2.75) is 94.0 Å². The van der Waals surface area contributed by atoms with Crippen molar-refractivity contribution in [2.24, 2.45) is 22.2 Å². The van der Waals surface area contributed by atoms with Gasteiger partial charge in [-0.3, -0.25) is 33.6 Å². The van der Waals surface area contributed by atoms with Crippen LogP contribution in [0.4, 0.5) is 11.4 Å². The van der Waals surface area contributed by atoms with E-state index in [4.69, 9.17) is 21.9 Å². The highest BCUT2D eigenvalue weighted by Crippen LogP contribution is 2.49. The maximum Gasteiger partial charge on any atom is 0.336 e. The molecule has 98 heavy (non-hydrogen) atoms. The topological polar surface area (TPSA) is 433 Å². The number of unbranched alkanes of at least 4 members (excludes halogenated alkanes) is 2. The van der Waals surface area contributed by atoms with Gasteiger partial charge in [0.05, 0.1) is 23.6 Å². The van der Waals surface area contributed by atoms with E-state index in [9.17, 15) is 68.7 Å². The number of allylic oxidation sites excluding steroid dienone is 3. The van der Waals surface area contributed by atoms with E-state index in [1.54, 1.807) is 6.08 Å². The molecule has 0 bridgehead atoms. The fraction of sp³-hybridized carbons (Fsp3) is 0.343. The summed E-state index contributed by atoms with van der Waals surface area (Å²) in [5.74, 6) is -8.67. The molecule has 5 aromatic rings. The summed E-state index contributed by atoms with van der Waals surface area (Å²) >= 11 is 0.881. The van der Waals surface area contributed by atoms with Gasteiger partial charge < -0.3 is 89.2 Å². The van der Waals surface area contributed by atoms with Crippen molar-refractivity contribution in [3.05, 3.63) is 166 Å². The second kappa shape index (κ2) is 36.0. The zero-order valence-electron chi connectivity index (χ0n) is 54.8. The minimum atomic E-state index is -1.57. The molecule has 0 unspecified atom stereocenters. The third-order valence-corrected chi connectivity index (χ3v) is 17.0. The van der Waals surface area contributed by atoms with Gasteiger partial charge in [0.2, 0.25) is 35.4 Å². The summed E-state index contributed by atoms with van der Waals surface area (Å²) < 4.78 is 6.43. The number of hydrogen-bond acceptors (Lipinski definition) is 19. The number of carboxylic acids is 2. The number of nitrogens with one attached hydrogen (secondary N) is 6. The number of rotatable bonds is 34. The normalized spacial score (nSPS) is 14.5. The van der Waals surface area contributed by atoms with E-state index >= 15 is 0 Å². The number of aliphatic carboxylic acids is 2. The highest BCUT2D eigenvalue weighted by Gasteiger charge is 2.35. The Morgan fingerprint density at radius 1 is 0.510 bits per heavy atom. The van der Waals surface area contributed by atoms with Gasteiger partial charge in [-0.15, -0.1) is 11.8 Å². The molecule has 0 radical (unpaired) electrons. The van der Waals surface area contributed by atoms with E-state index in [0.717, 1.165) is 23.1 Å². The molecule has 1 aliphatic carbocycles. The van der Waals surface area contributed by atoms with Crippen molar-refractivity contribution in [3.8, 4) is 28.7 Å². The molecule has 0 fully saturated rings. The predicted molar refractivity (Wildman–Crippen MR) is 372 cm³/mol. The number of benzene rings is 5. The summed E-state index contributed by atoms with van der Waals surface area (Å²) in [6.45, 7) is -0.0220. The number of anilines is 2. The number of phenols is 3. The van der Waals surface area contributed by atoms with Gasteiger partial charge in [-0.1, -0.05) is 42.5 Å². The molecule has 28 heteroatoms. The van der Waals surface area contributed by atoms with E-state index in [1.165, 1.54) is 84.9 Å². The Bertz CT molecular complexity index is 3780. The number of amides is 7. The summed E-state index contributed by atoms with van der Waals surface area (Å²) in [7, 11) is 7.55. The Labute approximate surface area is 571 Å². The number of ether oxygens (including phenoxy) is 1. The lowest BCUT2D eigenvalue weighted by atomic mass is 9.84. The second-order valence-electron chi connectivity index (χ2n) is 23.8. The number of carboxylic acid groups (broad SMARTS) is 2. The number of fused-ring (bicyclic) bond motifs is 2. The number of carbonyl (C=O) groups is 9. The first-order chi connectivity index (χ1) is 46.8. The van der Waals surface area contributed by atoms with Gasteiger partial charge in [-0.05, 0) is 147 Å². The van der Waals surface area contributed by atoms with Gasteiger partial charge in [-0.2, -0.15) is 0 Å². The lowest BCUT2D eigenvalue weighted by molar-refractivity contribution is -0.142. The molecule has 5 aromatic carbocycles. The highest BCUT2D eigenvalue weighted by molar-refractivity contribution is 8.00. The number of phenolic OH excluding ortho intramolecular Hbond substituents is 3. The number of aliphatic imine (C=N–C) groups is 1. The quantitative estimate of drug-likeness (QED) is 0.0258. The molecule has 7 amide bonds. The molecule has 1 aliphatic heterocycles. The largest absolute Gasteiger partial charge is 0.508 e. The molecule has 520 valence electrons. The van der Waals surface area contributed by atoms with Crippen molar-refractivity contribution in [1.29, 1.82) is 0 Å². The van der Waals surface area contributed by atoms with Gasteiger partial charge >= 0.3 is 11.9 Å². The molecule has 0 saturated carbocycles. The molecule has 0 saturated heterocycles. The highest BCUT2D eigenvalue weighted by atomic mass is 32.2. The lowest BCUT2D eigenvalue weighted by Gasteiger charge is -2.28. The van der Waals surface area contributed by atoms with Crippen molar-refractivity contribution in [3.63, 3.8) is 0 Å². The van der Waals surface area contributed by atoms with Crippen LogP contribution < -0.4 is 63.6 Å². The van der Waals surface area contributed by atoms with Gasteiger partial charge in [0.25, 0.3) is 5.91 Å². The van der Waals surface area contributed by atoms with Gasteiger partial charge in [-0.25, -0.2) is 14.6 Å².